The Kier molecular flexibility index (Phi) is 4.32. The molecule has 0 saturated heterocycles. The molecule has 27 heavy (non-hydrogen) atoms. The molecule has 0 aliphatic heterocycles. The van der Waals surface area contributed by atoms with Gasteiger partial charge in [0.05, 0.1) is 17.0 Å². The van der Waals surface area contributed by atoms with Gasteiger partial charge in [0.2, 0.25) is 0 Å². The number of fused-ring (bicyclic) bond motifs is 1. The maximum Gasteiger partial charge on any atom is 0.101 e. The molecule has 4 rings (SSSR count). The molecule has 130 valence electrons. The first kappa shape index (κ1) is 16.8. The molecule has 3 nitrogen and oxygen atoms in total. The highest BCUT2D eigenvalue weighted by Crippen LogP contribution is 2.29. The lowest BCUT2D eigenvalue weighted by molar-refractivity contribution is 0.973. The molecule has 0 N–H and O–H groups in total. The van der Waals surface area contributed by atoms with E-state index in [4.69, 9.17) is 0 Å². The standard InChI is InChI=1S/C24H19N3/c1-17-14-20(15-21(16-25)23-11-5-6-13-26-23)18(2)27(17)24-12-7-9-19-8-3-4-10-22(19)24/h3-15H,1-2H3. The second-order valence-electron chi connectivity index (χ2n) is 6.54. The predicted molar refractivity (Wildman–Crippen MR) is 110 cm³/mol. The molecule has 3 heteroatoms. The summed E-state index contributed by atoms with van der Waals surface area (Å²) >= 11 is 0. The van der Waals surface area contributed by atoms with Crippen LogP contribution in [0.4, 0.5) is 0 Å². The maximum absolute atomic E-state index is 9.60. The van der Waals surface area contributed by atoms with Crippen molar-refractivity contribution in [1.82, 2.24) is 9.55 Å². The number of rotatable bonds is 3. The van der Waals surface area contributed by atoms with Crippen LogP contribution in [-0.2, 0) is 0 Å². The summed E-state index contributed by atoms with van der Waals surface area (Å²) < 4.78 is 2.25. The van der Waals surface area contributed by atoms with Crippen LogP contribution in [0, 0.1) is 25.2 Å². The smallest absolute Gasteiger partial charge is 0.101 e. The van der Waals surface area contributed by atoms with Crippen LogP contribution in [0.25, 0.3) is 28.1 Å². The lowest BCUT2D eigenvalue weighted by Gasteiger charge is -2.13. The van der Waals surface area contributed by atoms with Crippen LogP contribution >= 0.6 is 0 Å². The average Bonchev–Trinajstić information content (AvgIpc) is 2.99. The van der Waals surface area contributed by atoms with Gasteiger partial charge in [-0.05, 0) is 55.1 Å². The number of pyridine rings is 1. The molecule has 0 spiro atoms. The van der Waals surface area contributed by atoms with Gasteiger partial charge < -0.3 is 4.57 Å². The van der Waals surface area contributed by atoms with Crippen LogP contribution < -0.4 is 0 Å². The minimum atomic E-state index is 0.564. The Morgan fingerprint density at radius 3 is 2.56 bits per heavy atom. The Morgan fingerprint density at radius 2 is 1.78 bits per heavy atom. The number of nitriles is 1. The number of hydrogen-bond donors (Lipinski definition) is 0. The molecule has 0 aliphatic rings. The summed E-state index contributed by atoms with van der Waals surface area (Å²) in [5.74, 6) is 0. The molecule has 0 amide bonds. The zero-order chi connectivity index (χ0) is 18.8. The number of hydrogen-bond acceptors (Lipinski definition) is 2. The first-order valence-corrected chi connectivity index (χ1v) is 8.89. The van der Waals surface area contributed by atoms with Gasteiger partial charge in [-0.3, -0.25) is 4.98 Å². The third-order valence-electron chi connectivity index (χ3n) is 4.84. The molecule has 0 atom stereocenters. The van der Waals surface area contributed by atoms with E-state index in [9.17, 15) is 5.26 Å². The average molecular weight is 349 g/mol. The van der Waals surface area contributed by atoms with Gasteiger partial charge in [-0.15, -0.1) is 0 Å². The summed E-state index contributed by atoms with van der Waals surface area (Å²) in [6, 6.07) is 24.8. The largest absolute Gasteiger partial charge is 0.317 e. The summed E-state index contributed by atoms with van der Waals surface area (Å²) in [6.07, 6.45) is 3.63. The van der Waals surface area contributed by atoms with Crippen molar-refractivity contribution in [1.29, 1.82) is 5.26 Å². The Bertz CT molecular complexity index is 1190. The highest BCUT2D eigenvalue weighted by molar-refractivity contribution is 5.92. The Balaban J connectivity index is 1.88. The van der Waals surface area contributed by atoms with Crippen molar-refractivity contribution in [3.8, 4) is 11.8 Å². The second kappa shape index (κ2) is 6.93. The SMILES string of the molecule is Cc1cc(C=C(C#N)c2ccccn2)c(C)n1-c1cccc2ccccc12. The molecule has 0 saturated carbocycles. The van der Waals surface area contributed by atoms with Crippen molar-refractivity contribution in [2.24, 2.45) is 0 Å². The van der Waals surface area contributed by atoms with Gasteiger partial charge in [-0.1, -0.05) is 42.5 Å². The molecule has 4 aromatic rings. The van der Waals surface area contributed by atoms with Crippen molar-refractivity contribution in [3.63, 3.8) is 0 Å². The summed E-state index contributed by atoms with van der Waals surface area (Å²) in [4.78, 5) is 4.31. The fraction of sp³-hybridized carbons (Fsp3) is 0.0833. The van der Waals surface area contributed by atoms with E-state index in [1.54, 1.807) is 6.20 Å². The third kappa shape index (κ3) is 3.02. The lowest BCUT2D eigenvalue weighted by Crippen LogP contribution is -2.00. The Hall–Kier alpha value is -3.64. The van der Waals surface area contributed by atoms with Crippen LogP contribution in [0.15, 0.2) is 72.9 Å². The molecule has 0 unspecified atom stereocenters. The van der Waals surface area contributed by atoms with Crippen molar-refractivity contribution in [3.05, 3.63) is 95.6 Å². The molecule has 0 fully saturated rings. The zero-order valence-corrected chi connectivity index (χ0v) is 15.3. The number of benzene rings is 2. The van der Waals surface area contributed by atoms with Gasteiger partial charge in [0.1, 0.15) is 6.07 Å². The quantitative estimate of drug-likeness (QED) is 0.445. The molecular formula is C24H19N3. The van der Waals surface area contributed by atoms with E-state index in [1.807, 2.05) is 24.3 Å². The van der Waals surface area contributed by atoms with E-state index in [0.717, 1.165) is 22.6 Å². The van der Waals surface area contributed by atoms with Gasteiger partial charge >= 0.3 is 0 Å². The highest BCUT2D eigenvalue weighted by atomic mass is 15.0. The highest BCUT2D eigenvalue weighted by Gasteiger charge is 2.13. The van der Waals surface area contributed by atoms with Crippen LogP contribution in [0.2, 0.25) is 0 Å². The van der Waals surface area contributed by atoms with E-state index in [1.165, 1.54) is 10.8 Å². The van der Waals surface area contributed by atoms with E-state index >= 15 is 0 Å². The summed E-state index contributed by atoms with van der Waals surface area (Å²) in [5, 5.41) is 12.0. The fourth-order valence-corrected chi connectivity index (χ4v) is 3.55. The molecule has 2 aromatic heterocycles. The lowest BCUT2D eigenvalue weighted by atomic mass is 10.1. The minimum absolute atomic E-state index is 0.564. The van der Waals surface area contributed by atoms with Crippen molar-refractivity contribution >= 4 is 22.4 Å². The third-order valence-corrected chi connectivity index (χ3v) is 4.84. The molecule has 2 aromatic carbocycles. The molecule has 0 aliphatic carbocycles. The van der Waals surface area contributed by atoms with Crippen molar-refractivity contribution in [2.45, 2.75) is 13.8 Å². The normalized spacial score (nSPS) is 11.5. The second-order valence-corrected chi connectivity index (χ2v) is 6.54. The van der Waals surface area contributed by atoms with E-state index in [2.05, 4.69) is 78.0 Å². The minimum Gasteiger partial charge on any atom is -0.317 e. The monoisotopic (exact) mass is 349 g/mol. The van der Waals surface area contributed by atoms with E-state index < -0.39 is 0 Å². The fourth-order valence-electron chi connectivity index (χ4n) is 3.55. The first-order chi connectivity index (χ1) is 13.2. The van der Waals surface area contributed by atoms with Crippen LogP contribution in [0.1, 0.15) is 22.6 Å². The van der Waals surface area contributed by atoms with Gasteiger partial charge in [0.25, 0.3) is 0 Å². The molecule has 0 bridgehead atoms. The molecule has 0 radical (unpaired) electrons. The Morgan fingerprint density at radius 1 is 1.00 bits per heavy atom. The number of aromatic nitrogens is 2. The van der Waals surface area contributed by atoms with Gasteiger partial charge in [-0.25, -0.2) is 0 Å². The van der Waals surface area contributed by atoms with Crippen LogP contribution in [0.5, 0.6) is 0 Å². The summed E-state index contributed by atoms with van der Waals surface area (Å²) in [5.41, 5.74) is 5.67. The van der Waals surface area contributed by atoms with Gasteiger partial charge in [0.15, 0.2) is 0 Å². The van der Waals surface area contributed by atoms with E-state index in [0.29, 0.717) is 11.3 Å². The topological polar surface area (TPSA) is 41.6 Å². The zero-order valence-electron chi connectivity index (χ0n) is 15.3. The number of allylic oxidation sites excluding steroid dienone is 1. The van der Waals surface area contributed by atoms with Crippen molar-refractivity contribution < 1.29 is 0 Å². The summed E-state index contributed by atoms with van der Waals surface area (Å²) in [7, 11) is 0. The Labute approximate surface area is 158 Å². The predicted octanol–water partition coefficient (Wildman–Crippen LogP) is 5.71. The first-order valence-electron chi connectivity index (χ1n) is 8.89. The van der Waals surface area contributed by atoms with Gasteiger partial charge in [0, 0.05) is 23.0 Å². The molecule has 2 heterocycles. The number of nitrogens with zero attached hydrogens (tertiary/aromatic N) is 3. The molecular weight excluding hydrogens is 330 g/mol. The summed E-state index contributed by atoms with van der Waals surface area (Å²) in [6.45, 7) is 4.19. The van der Waals surface area contributed by atoms with Crippen molar-refractivity contribution in [2.75, 3.05) is 0 Å². The number of aryl methyl sites for hydroxylation is 1. The van der Waals surface area contributed by atoms with Crippen LogP contribution in [-0.4, -0.2) is 9.55 Å². The van der Waals surface area contributed by atoms with Gasteiger partial charge in [-0.2, -0.15) is 5.26 Å². The maximum atomic E-state index is 9.60. The van der Waals surface area contributed by atoms with E-state index in [-0.39, 0.29) is 0 Å². The van der Waals surface area contributed by atoms with Crippen LogP contribution in [0.3, 0.4) is 0 Å².